The van der Waals surface area contributed by atoms with Gasteiger partial charge >= 0.3 is 0 Å². The average molecular weight is 881 g/mol. The highest BCUT2D eigenvalue weighted by molar-refractivity contribution is 14.2. The van der Waals surface area contributed by atoms with Crippen LogP contribution >= 0.6 is 20.7 Å². The number of halogens is 1. The van der Waals surface area contributed by atoms with Gasteiger partial charge in [0.25, 0.3) is 0 Å². The molecule has 5 aromatic carbocycles. The van der Waals surface area contributed by atoms with E-state index >= 15 is 0 Å². The minimum absolute atomic E-state index is 0.399. The van der Waals surface area contributed by atoms with Gasteiger partial charge in [-0.15, -0.1) is 0 Å². The molecule has 12 rings (SSSR count). The van der Waals surface area contributed by atoms with E-state index in [1.54, 1.807) is 0 Å². The predicted molar refractivity (Wildman–Crippen MR) is 251 cm³/mol. The molecule has 60 heavy (non-hydrogen) atoms. The molecule has 1 aliphatic heterocycles. The maximum atomic E-state index is 5.33. The number of hydrogen-bond donors (Lipinski definition) is 0. The van der Waals surface area contributed by atoms with Crippen molar-refractivity contribution in [3.63, 3.8) is 0 Å². The zero-order valence-corrected chi connectivity index (χ0v) is 33.9. The van der Waals surface area contributed by atoms with Gasteiger partial charge < -0.3 is 0 Å². The Morgan fingerprint density at radius 3 is 1.68 bits per heavy atom. The molecule has 0 N–H and O–H groups in total. The molecular weight excluding hydrogens is 852 g/mol. The van der Waals surface area contributed by atoms with Gasteiger partial charge in [0, 0.05) is 89.3 Å². The Balaban J connectivity index is 1.18. The van der Waals surface area contributed by atoms with E-state index in [-0.39, 0.29) is 0 Å². The smallest absolute Gasteiger partial charge is 0.165 e. The van der Waals surface area contributed by atoms with E-state index in [0.29, 0.717) is 17.5 Å². The molecule has 9 heteroatoms. The molecule has 11 aromatic rings. The van der Waals surface area contributed by atoms with Gasteiger partial charge in [-0.3, -0.25) is 24.9 Å². The molecule has 280 valence electrons. The molecule has 1 aliphatic rings. The number of pyridine rings is 5. The van der Waals surface area contributed by atoms with Gasteiger partial charge in [-0.2, -0.15) is 0 Å². The summed E-state index contributed by atoms with van der Waals surface area (Å²) in [5, 5.41) is 5.02. The number of fused-ring (bicyclic) bond motifs is 6. The Labute approximate surface area is 353 Å². The van der Waals surface area contributed by atoms with E-state index in [2.05, 4.69) is 101 Å². The van der Waals surface area contributed by atoms with E-state index in [9.17, 15) is 0 Å². The number of aromatic nitrogens is 8. The number of benzene rings is 5. The van der Waals surface area contributed by atoms with Crippen molar-refractivity contribution in [2.75, 3.05) is 0 Å². The Bertz CT molecular complexity index is 3390. The third kappa shape index (κ3) is 5.93. The molecule has 0 saturated heterocycles. The monoisotopic (exact) mass is 880 g/mol. The molecule has 0 bridgehead atoms. The summed E-state index contributed by atoms with van der Waals surface area (Å²) in [5.74, 6) is 1.71. The van der Waals surface area contributed by atoms with Crippen LogP contribution in [0.2, 0.25) is 0 Å². The van der Waals surface area contributed by atoms with Crippen LogP contribution in [0.5, 0.6) is 0 Å². The Kier molecular flexibility index (Phi) is 8.12. The topological polar surface area (TPSA) is 103 Å². The second-order valence-corrected chi connectivity index (χ2v) is 17.1. The van der Waals surface area contributed by atoms with Gasteiger partial charge in [-0.1, -0.05) is 81.4 Å². The lowest BCUT2D eigenvalue weighted by Gasteiger charge is -2.17. The fourth-order valence-electron chi connectivity index (χ4n) is 8.23. The quantitative estimate of drug-likeness (QED) is 0.124. The maximum Gasteiger partial charge on any atom is 0.165 e. The molecule has 0 spiro atoms. The molecular formula is C51H29IN8. The zero-order chi connectivity index (χ0) is 39.6. The first-order chi connectivity index (χ1) is 29.7. The summed E-state index contributed by atoms with van der Waals surface area (Å²) in [5.41, 5.74) is 12.1. The summed E-state index contributed by atoms with van der Waals surface area (Å²) >= 11 is -0.399. The van der Waals surface area contributed by atoms with E-state index in [1.165, 1.54) is 9.13 Å². The predicted octanol–water partition coefficient (Wildman–Crippen LogP) is 11.8. The summed E-state index contributed by atoms with van der Waals surface area (Å²) < 4.78 is 3.69. The van der Waals surface area contributed by atoms with Crippen molar-refractivity contribution >= 4 is 90.9 Å². The maximum absolute atomic E-state index is 5.33. The number of nitrogens with zero attached hydrogens (tertiary/aromatic N) is 8. The van der Waals surface area contributed by atoms with Gasteiger partial charge in [-0.05, 0) is 99.6 Å². The fourth-order valence-corrected chi connectivity index (χ4v) is 10.5. The van der Waals surface area contributed by atoms with Crippen LogP contribution in [0.4, 0.5) is 0 Å². The van der Waals surface area contributed by atoms with Crippen LogP contribution in [0, 0.1) is 3.57 Å². The third-order valence-corrected chi connectivity index (χ3v) is 13.6. The largest absolute Gasteiger partial charge is 0.256 e. The van der Waals surface area contributed by atoms with Gasteiger partial charge in [0.1, 0.15) is 0 Å². The fraction of sp³-hybridized carbons (Fsp3) is 0. The van der Waals surface area contributed by atoms with E-state index in [4.69, 9.17) is 39.9 Å². The zero-order valence-electron chi connectivity index (χ0n) is 31.7. The van der Waals surface area contributed by atoms with Crippen molar-refractivity contribution in [2.45, 2.75) is 0 Å². The molecule has 0 aliphatic carbocycles. The van der Waals surface area contributed by atoms with E-state index in [1.807, 2.05) is 73.4 Å². The van der Waals surface area contributed by atoms with E-state index in [0.717, 1.165) is 93.5 Å². The number of para-hydroxylation sites is 1. The van der Waals surface area contributed by atoms with Crippen LogP contribution in [-0.2, 0) is 0 Å². The van der Waals surface area contributed by atoms with Crippen LogP contribution in [0.3, 0.4) is 0 Å². The average Bonchev–Trinajstić information content (AvgIpc) is 3.31. The minimum Gasteiger partial charge on any atom is -0.256 e. The molecule has 0 amide bonds. The SMILES string of the molecule is C1=Ic2ccccc2C=C1c1nc(-c2cc(-c3c4cccnc4cc4cccnc34)cc(-c3c4cccnc4cc4cccnc34)c2)nc(-c2cnc3ccccc3c2)n1. The highest BCUT2D eigenvalue weighted by atomic mass is 127. The normalized spacial score (nSPS) is 12.5. The molecule has 6 aromatic heterocycles. The summed E-state index contributed by atoms with van der Waals surface area (Å²) in [4.78, 5) is 40.2. The lowest BCUT2D eigenvalue weighted by Crippen LogP contribution is -2.05. The van der Waals surface area contributed by atoms with Crippen LogP contribution < -0.4 is 0 Å². The van der Waals surface area contributed by atoms with Crippen LogP contribution in [0.15, 0.2) is 164 Å². The summed E-state index contributed by atoms with van der Waals surface area (Å²) in [6, 6.07) is 45.9. The number of hydrogen-bond acceptors (Lipinski definition) is 8. The first-order valence-electron chi connectivity index (χ1n) is 19.5. The second kappa shape index (κ2) is 14.1. The molecule has 0 atom stereocenters. The van der Waals surface area contributed by atoms with Crippen molar-refractivity contribution in [3.05, 3.63) is 179 Å². The summed E-state index contributed by atoms with van der Waals surface area (Å²) in [7, 11) is 0. The molecule has 0 radical (unpaired) electrons. The van der Waals surface area contributed by atoms with Crippen molar-refractivity contribution in [3.8, 4) is 45.0 Å². The lowest BCUT2D eigenvalue weighted by molar-refractivity contribution is 1.04. The highest BCUT2D eigenvalue weighted by Gasteiger charge is 2.21. The second-order valence-electron chi connectivity index (χ2n) is 14.7. The van der Waals surface area contributed by atoms with E-state index < -0.39 is 20.7 Å². The standard InChI is InChI=1S/C51H29IN8/c1-3-15-41-30(9-1)21-37(28-52-41)50-58-49(59-51(60-50)38-22-31-10-2-4-16-42(31)57-29-38)36-24-34(45-39-13-7-17-53-43(39)26-32-11-5-19-55-47(32)45)23-35(25-36)46-40-14-8-18-54-44(40)27-33-12-6-20-56-48(33)46/h1-29H. The van der Waals surface area contributed by atoms with Gasteiger partial charge in [0.05, 0.1) is 27.6 Å². The Hall–Kier alpha value is -7.50. The highest BCUT2D eigenvalue weighted by Crippen LogP contribution is 2.42. The minimum atomic E-state index is -0.399. The van der Waals surface area contributed by atoms with Crippen LogP contribution in [-0.4, -0.2) is 43.9 Å². The van der Waals surface area contributed by atoms with Gasteiger partial charge in [0.15, 0.2) is 17.5 Å². The Morgan fingerprint density at radius 1 is 0.400 bits per heavy atom. The van der Waals surface area contributed by atoms with Gasteiger partial charge in [-0.25, -0.2) is 15.0 Å². The lowest BCUT2D eigenvalue weighted by atomic mass is 9.90. The number of rotatable bonds is 5. The molecule has 0 unspecified atom stereocenters. The molecule has 0 fully saturated rings. The van der Waals surface area contributed by atoms with Crippen molar-refractivity contribution in [1.29, 1.82) is 0 Å². The number of allylic oxidation sites excluding steroid dienone is 1. The van der Waals surface area contributed by atoms with Crippen molar-refractivity contribution < 1.29 is 0 Å². The molecule has 0 saturated carbocycles. The summed E-state index contributed by atoms with van der Waals surface area (Å²) in [6.45, 7) is 0. The van der Waals surface area contributed by atoms with Crippen LogP contribution in [0.25, 0.3) is 111 Å². The summed E-state index contributed by atoms with van der Waals surface area (Å²) in [6.07, 6.45) is 11.4. The Morgan fingerprint density at radius 2 is 0.967 bits per heavy atom. The first-order valence-corrected chi connectivity index (χ1v) is 21.8. The third-order valence-electron chi connectivity index (χ3n) is 11.0. The molecule has 7 heterocycles. The van der Waals surface area contributed by atoms with Crippen molar-refractivity contribution in [2.24, 2.45) is 0 Å². The van der Waals surface area contributed by atoms with Crippen LogP contribution in [0.1, 0.15) is 11.4 Å². The van der Waals surface area contributed by atoms with Gasteiger partial charge in [0.2, 0.25) is 0 Å². The first kappa shape index (κ1) is 34.5. The molecule has 8 nitrogen and oxygen atoms in total. The van der Waals surface area contributed by atoms with Crippen molar-refractivity contribution in [1.82, 2.24) is 39.9 Å².